The van der Waals surface area contributed by atoms with E-state index in [0.717, 1.165) is 6.07 Å². The predicted molar refractivity (Wildman–Crippen MR) is 93.0 cm³/mol. The number of ether oxygens (including phenoxy) is 1. The number of likely N-dealkylation sites (tertiary alicyclic amines) is 1. The molecule has 0 bridgehead atoms. The quantitative estimate of drug-likeness (QED) is 0.729. The summed E-state index contributed by atoms with van der Waals surface area (Å²) in [6.45, 7) is 0.762. The molecule has 136 valence electrons. The van der Waals surface area contributed by atoms with Gasteiger partial charge in [0.05, 0.1) is 19.1 Å². The Kier molecular flexibility index (Phi) is 4.57. The highest BCUT2D eigenvalue weighted by molar-refractivity contribution is 9.11. The SMILES string of the molecule is O=C(N1CC(Oc2nnc(Br)s2)C1)N1N=CC[C@H]1c1cc(F)cc(F)c1. The highest BCUT2D eigenvalue weighted by Gasteiger charge is 2.39. The number of hydrogen-bond acceptors (Lipinski definition) is 6. The van der Waals surface area contributed by atoms with Crippen LogP contribution >= 0.6 is 27.3 Å². The zero-order chi connectivity index (χ0) is 18.3. The second-order valence-corrected chi connectivity index (χ2v) is 8.06. The van der Waals surface area contributed by atoms with Crippen molar-refractivity contribution in [2.24, 2.45) is 5.10 Å². The van der Waals surface area contributed by atoms with Gasteiger partial charge in [-0.05, 0) is 45.0 Å². The maximum absolute atomic E-state index is 13.5. The molecule has 2 aromatic rings. The number of halogens is 3. The summed E-state index contributed by atoms with van der Waals surface area (Å²) in [6, 6.07) is 2.39. The van der Waals surface area contributed by atoms with Crippen molar-refractivity contribution in [1.29, 1.82) is 0 Å². The predicted octanol–water partition coefficient (Wildman–Crippen LogP) is 3.19. The van der Waals surface area contributed by atoms with Crippen molar-refractivity contribution < 1.29 is 18.3 Å². The summed E-state index contributed by atoms with van der Waals surface area (Å²) >= 11 is 4.47. The molecular weight excluding hydrogens is 432 g/mol. The molecular formula is C15H12BrF2N5O2S. The Morgan fingerprint density at radius 3 is 2.62 bits per heavy atom. The van der Waals surface area contributed by atoms with Crippen LogP contribution in [-0.4, -0.2) is 51.5 Å². The molecule has 0 saturated carbocycles. The average Bonchev–Trinajstić information content (AvgIpc) is 3.18. The minimum atomic E-state index is -0.681. The molecule has 0 spiro atoms. The van der Waals surface area contributed by atoms with Crippen molar-refractivity contribution >= 4 is 39.5 Å². The number of carbonyl (C=O) groups excluding carboxylic acids is 1. The van der Waals surface area contributed by atoms with Gasteiger partial charge >= 0.3 is 6.03 Å². The molecule has 4 rings (SSSR count). The molecule has 11 heteroatoms. The van der Waals surface area contributed by atoms with Crippen LogP contribution < -0.4 is 4.74 Å². The molecule has 0 N–H and O–H groups in total. The number of hydrazone groups is 1. The first-order valence-electron chi connectivity index (χ1n) is 7.72. The van der Waals surface area contributed by atoms with Crippen molar-refractivity contribution in [3.05, 3.63) is 39.3 Å². The van der Waals surface area contributed by atoms with Gasteiger partial charge in [0, 0.05) is 18.7 Å². The van der Waals surface area contributed by atoms with E-state index in [2.05, 4.69) is 31.2 Å². The molecule has 2 aliphatic heterocycles. The van der Waals surface area contributed by atoms with Crippen molar-refractivity contribution in [2.45, 2.75) is 18.6 Å². The van der Waals surface area contributed by atoms with E-state index >= 15 is 0 Å². The minimum Gasteiger partial charge on any atom is -0.462 e. The average molecular weight is 444 g/mol. The molecule has 0 unspecified atom stereocenters. The van der Waals surface area contributed by atoms with Crippen LogP contribution in [0.5, 0.6) is 5.19 Å². The van der Waals surface area contributed by atoms with Crippen LogP contribution in [-0.2, 0) is 0 Å². The summed E-state index contributed by atoms with van der Waals surface area (Å²) in [5, 5.41) is 13.4. The number of urea groups is 1. The van der Waals surface area contributed by atoms with Gasteiger partial charge in [0.25, 0.3) is 5.19 Å². The zero-order valence-electron chi connectivity index (χ0n) is 13.2. The Morgan fingerprint density at radius 2 is 1.96 bits per heavy atom. The van der Waals surface area contributed by atoms with Gasteiger partial charge in [-0.25, -0.2) is 18.6 Å². The third kappa shape index (κ3) is 3.40. The fourth-order valence-corrected chi connectivity index (χ4v) is 3.83. The molecule has 2 aliphatic rings. The second-order valence-electron chi connectivity index (χ2n) is 5.85. The summed E-state index contributed by atoms with van der Waals surface area (Å²) < 4.78 is 33.2. The Morgan fingerprint density at radius 1 is 1.23 bits per heavy atom. The number of hydrogen-bond donors (Lipinski definition) is 0. The van der Waals surface area contributed by atoms with Crippen LogP contribution in [0.2, 0.25) is 0 Å². The van der Waals surface area contributed by atoms with Crippen LogP contribution in [0.1, 0.15) is 18.0 Å². The summed E-state index contributed by atoms with van der Waals surface area (Å²) in [5.41, 5.74) is 0.375. The van der Waals surface area contributed by atoms with Crippen molar-refractivity contribution in [3.8, 4) is 5.19 Å². The second kappa shape index (κ2) is 6.88. The number of amides is 2. The Bertz CT molecular complexity index is 853. The van der Waals surface area contributed by atoms with Crippen LogP contribution in [0.4, 0.5) is 13.6 Å². The molecule has 1 aromatic heterocycles. The third-order valence-corrected chi connectivity index (χ3v) is 5.31. The number of aromatic nitrogens is 2. The lowest BCUT2D eigenvalue weighted by Gasteiger charge is -2.40. The van der Waals surface area contributed by atoms with E-state index in [9.17, 15) is 13.6 Å². The fourth-order valence-electron chi connectivity index (χ4n) is 2.84. The van der Waals surface area contributed by atoms with Crippen LogP contribution in [0, 0.1) is 11.6 Å². The van der Waals surface area contributed by atoms with Gasteiger partial charge in [0.15, 0.2) is 3.92 Å². The molecule has 1 atom stereocenters. The first kappa shape index (κ1) is 17.3. The lowest BCUT2D eigenvalue weighted by molar-refractivity contribution is 0.0272. The molecule has 7 nitrogen and oxygen atoms in total. The number of carbonyl (C=O) groups is 1. The van der Waals surface area contributed by atoms with E-state index in [4.69, 9.17) is 4.74 Å². The number of rotatable bonds is 3. The molecule has 26 heavy (non-hydrogen) atoms. The third-order valence-electron chi connectivity index (χ3n) is 4.06. The van der Waals surface area contributed by atoms with Gasteiger partial charge in [-0.15, -0.1) is 5.10 Å². The van der Waals surface area contributed by atoms with Crippen LogP contribution in [0.3, 0.4) is 0 Å². The normalized spacial score (nSPS) is 19.7. The largest absolute Gasteiger partial charge is 0.462 e. The van der Waals surface area contributed by atoms with Gasteiger partial charge in [-0.3, -0.25) is 0 Å². The fraction of sp³-hybridized carbons (Fsp3) is 0.333. The Labute approximate surface area is 159 Å². The monoisotopic (exact) mass is 443 g/mol. The topological polar surface area (TPSA) is 70.9 Å². The highest BCUT2D eigenvalue weighted by Crippen LogP contribution is 2.32. The smallest absolute Gasteiger partial charge is 0.341 e. The summed E-state index contributed by atoms with van der Waals surface area (Å²) in [6.07, 6.45) is 1.80. The maximum atomic E-state index is 13.5. The summed E-state index contributed by atoms with van der Waals surface area (Å²) in [4.78, 5) is 14.2. The van der Waals surface area contributed by atoms with Gasteiger partial charge in [0.1, 0.15) is 17.7 Å². The minimum absolute atomic E-state index is 0.171. The molecule has 2 amide bonds. The first-order valence-corrected chi connectivity index (χ1v) is 9.33. The lowest BCUT2D eigenvalue weighted by atomic mass is 10.0. The molecule has 1 fully saturated rings. The highest BCUT2D eigenvalue weighted by atomic mass is 79.9. The molecule has 1 saturated heterocycles. The van der Waals surface area contributed by atoms with Crippen LogP contribution in [0.25, 0.3) is 0 Å². The molecule has 3 heterocycles. The first-order chi connectivity index (χ1) is 12.5. The van der Waals surface area contributed by atoms with E-state index in [-0.39, 0.29) is 12.1 Å². The van der Waals surface area contributed by atoms with E-state index in [1.54, 1.807) is 11.1 Å². The Hall–Kier alpha value is -2.14. The van der Waals surface area contributed by atoms with Crippen molar-refractivity contribution in [3.63, 3.8) is 0 Å². The summed E-state index contributed by atoms with van der Waals surface area (Å²) in [7, 11) is 0. The lowest BCUT2D eigenvalue weighted by Crippen LogP contribution is -2.58. The maximum Gasteiger partial charge on any atom is 0.341 e. The van der Waals surface area contributed by atoms with Gasteiger partial charge in [-0.1, -0.05) is 5.10 Å². The van der Waals surface area contributed by atoms with Gasteiger partial charge < -0.3 is 9.64 Å². The summed E-state index contributed by atoms with van der Waals surface area (Å²) in [5.74, 6) is -1.36. The Balaban J connectivity index is 1.39. The van der Waals surface area contributed by atoms with Gasteiger partial charge in [0.2, 0.25) is 0 Å². The van der Waals surface area contributed by atoms with Gasteiger partial charge in [-0.2, -0.15) is 5.10 Å². The van der Waals surface area contributed by atoms with E-state index < -0.39 is 17.7 Å². The van der Waals surface area contributed by atoms with Crippen LogP contribution in [0.15, 0.2) is 27.2 Å². The number of nitrogens with zero attached hydrogens (tertiary/aromatic N) is 5. The molecule has 0 aliphatic carbocycles. The van der Waals surface area contributed by atoms with E-state index in [1.807, 2.05) is 0 Å². The molecule has 0 radical (unpaired) electrons. The number of benzene rings is 1. The standard InChI is InChI=1S/C15H12BrF2N5O2S/c16-13-20-21-14(26-13)25-11-6-22(7-11)15(24)23-12(1-2-19-23)8-3-9(17)5-10(18)4-8/h2-5,11-12H,1,6-7H2/t12-/m0/s1. The van der Waals surface area contributed by atoms with E-state index in [0.29, 0.717) is 34.2 Å². The zero-order valence-corrected chi connectivity index (χ0v) is 15.6. The van der Waals surface area contributed by atoms with E-state index in [1.165, 1.54) is 28.5 Å². The molecule has 1 aromatic carbocycles. The van der Waals surface area contributed by atoms with Crippen molar-refractivity contribution in [1.82, 2.24) is 20.1 Å². The van der Waals surface area contributed by atoms with Crippen molar-refractivity contribution in [2.75, 3.05) is 13.1 Å².